The molecule has 1 aliphatic carbocycles. The average Bonchev–Trinajstić information content (AvgIpc) is 2.52. The molecule has 1 N–H and O–H groups in total. The van der Waals surface area contributed by atoms with E-state index < -0.39 is 11.9 Å². The van der Waals surface area contributed by atoms with E-state index in [9.17, 15) is 9.90 Å². The highest BCUT2D eigenvalue weighted by Crippen LogP contribution is 2.44. The van der Waals surface area contributed by atoms with Crippen molar-refractivity contribution < 1.29 is 19.4 Å². The van der Waals surface area contributed by atoms with Crippen LogP contribution in [0.15, 0.2) is 12.2 Å². The van der Waals surface area contributed by atoms with E-state index in [2.05, 4.69) is 6.58 Å². The number of aliphatic hydroxyl groups is 1. The molecule has 0 amide bonds. The van der Waals surface area contributed by atoms with Crippen molar-refractivity contribution in [2.75, 3.05) is 0 Å². The number of carbonyl (C=O) groups is 1. The predicted octanol–water partition coefficient (Wildman–Crippen LogP) is 1.38. The highest BCUT2D eigenvalue weighted by molar-refractivity contribution is 5.87. The van der Waals surface area contributed by atoms with E-state index in [4.69, 9.17) is 9.47 Å². The lowest BCUT2D eigenvalue weighted by atomic mass is 9.79. The van der Waals surface area contributed by atoms with Gasteiger partial charge in [0.2, 0.25) is 0 Å². The Bertz CT molecular complexity index is 323. The van der Waals surface area contributed by atoms with Crippen molar-refractivity contribution in [1.29, 1.82) is 0 Å². The van der Waals surface area contributed by atoms with Gasteiger partial charge in [0.15, 0.2) is 6.29 Å². The summed E-state index contributed by atoms with van der Waals surface area (Å²) in [6.45, 7) is 7.06. The summed E-state index contributed by atoms with van der Waals surface area (Å²) in [5.74, 6) is -0.187. The van der Waals surface area contributed by atoms with E-state index in [1.165, 1.54) is 0 Å². The highest BCUT2D eigenvalue weighted by atomic mass is 16.6. The molecule has 16 heavy (non-hydrogen) atoms. The van der Waals surface area contributed by atoms with Crippen LogP contribution in [0.4, 0.5) is 0 Å². The third-order valence-electron chi connectivity index (χ3n) is 3.59. The molecule has 2 aliphatic rings. The quantitative estimate of drug-likeness (QED) is 0.571. The first-order valence-corrected chi connectivity index (χ1v) is 5.65. The molecule has 0 aromatic rings. The fraction of sp³-hybridized carbons (Fsp3) is 0.750. The smallest absolute Gasteiger partial charge is 0.333 e. The zero-order valence-corrected chi connectivity index (χ0v) is 9.73. The summed E-state index contributed by atoms with van der Waals surface area (Å²) >= 11 is 0. The zero-order chi connectivity index (χ0) is 11.9. The van der Waals surface area contributed by atoms with E-state index >= 15 is 0 Å². The molecule has 0 aromatic carbocycles. The Labute approximate surface area is 95.2 Å². The Kier molecular flexibility index (Phi) is 2.80. The van der Waals surface area contributed by atoms with Gasteiger partial charge in [-0.1, -0.05) is 6.58 Å². The zero-order valence-electron chi connectivity index (χ0n) is 9.73. The molecule has 1 heterocycles. The normalized spacial score (nSPS) is 41.8. The van der Waals surface area contributed by atoms with Gasteiger partial charge in [0, 0.05) is 11.5 Å². The van der Waals surface area contributed by atoms with Crippen LogP contribution in [0.5, 0.6) is 0 Å². The fourth-order valence-electron chi connectivity index (χ4n) is 2.43. The minimum atomic E-state index is -0.699. The highest BCUT2D eigenvalue weighted by Gasteiger charge is 2.51. The van der Waals surface area contributed by atoms with Gasteiger partial charge in [-0.25, -0.2) is 4.79 Å². The summed E-state index contributed by atoms with van der Waals surface area (Å²) in [5.41, 5.74) is -0.230. The second kappa shape index (κ2) is 3.86. The van der Waals surface area contributed by atoms with Crippen molar-refractivity contribution in [1.82, 2.24) is 0 Å². The van der Waals surface area contributed by atoms with Crippen molar-refractivity contribution in [2.45, 2.75) is 51.1 Å². The number of hydrogen-bond donors (Lipinski definition) is 1. The summed E-state index contributed by atoms with van der Waals surface area (Å²) in [7, 11) is 0. The Morgan fingerprint density at radius 3 is 2.94 bits per heavy atom. The number of rotatable bonds is 2. The van der Waals surface area contributed by atoms with Gasteiger partial charge in [0.25, 0.3) is 0 Å². The van der Waals surface area contributed by atoms with E-state index in [0.717, 1.165) is 19.3 Å². The fourth-order valence-corrected chi connectivity index (χ4v) is 2.43. The van der Waals surface area contributed by atoms with Crippen molar-refractivity contribution in [2.24, 2.45) is 5.92 Å². The average molecular weight is 226 g/mol. The Morgan fingerprint density at radius 2 is 2.31 bits per heavy atom. The molecule has 4 atom stereocenters. The number of aliphatic hydroxyl groups excluding tert-OH is 1. The van der Waals surface area contributed by atoms with Crippen LogP contribution < -0.4 is 0 Å². The molecule has 0 radical (unpaired) electrons. The molecule has 1 saturated heterocycles. The SMILES string of the molecule is C=C(C)C(=O)OC1(C)CCC2CC1OC2O. The maximum absolute atomic E-state index is 11.5. The minimum absolute atomic E-state index is 0.190. The van der Waals surface area contributed by atoms with Crippen LogP contribution in [-0.2, 0) is 14.3 Å². The van der Waals surface area contributed by atoms with Gasteiger partial charge < -0.3 is 14.6 Å². The second-order valence-corrected chi connectivity index (χ2v) is 5.03. The maximum atomic E-state index is 11.5. The number of hydrogen-bond acceptors (Lipinski definition) is 4. The van der Waals surface area contributed by atoms with Crippen LogP contribution in [0, 0.1) is 5.92 Å². The minimum Gasteiger partial charge on any atom is -0.453 e. The van der Waals surface area contributed by atoms with Gasteiger partial charge in [-0.2, -0.15) is 0 Å². The van der Waals surface area contributed by atoms with Gasteiger partial charge >= 0.3 is 5.97 Å². The molecule has 2 bridgehead atoms. The molecule has 90 valence electrons. The first-order valence-electron chi connectivity index (χ1n) is 5.65. The molecule has 0 spiro atoms. The molecule has 1 saturated carbocycles. The molecular weight excluding hydrogens is 208 g/mol. The first-order chi connectivity index (χ1) is 7.42. The molecule has 1 aliphatic heterocycles. The molecule has 0 aromatic heterocycles. The summed E-state index contributed by atoms with van der Waals surface area (Å²) < 4.78 is 10.9. The van der Waals surface area contributed by atoms with Gasteiger partial charge in [-0.15, -0.1) is 0 Å². The monoisotopic (exact) mass is 226 g/mol. The van der Waals surface area contributed by atoms with Crippen LogP contribution in [0.1, 0.15) is 33.1 Å². The lowest BCUT2D eigenvalue weighted by Crippen LogP contribution is -2.45. The van der Waals surface area contributed by atoms with Gasteiger partial charge in [-0.3, -0.25) is 0 Å². The van der Waals surface area contributed by atoms with E-state index in [0.29, 0.717) is 5.57 Å². The Hall–Kier alpha value is -0.870. The van der Waals surface area contributed by atoms with Crippen LogP contribution in [0.2, 0.25) is 0 Å². The Balaban J connectivity index is 2.08. The van der Waals surface area contributed by atoms with E-state index in [1.54, 1.807) is 6.92 Å². The number of esters is 1. The molecule has 2 rings (SSSR count). The predicted molar refractivity (Wildman–Crippen MR) is 57.5 cm³/mol. The van der Waals surface area contributed by atoms with Crippen molar-refractivity contribution in [3.63, 3.8) is 0 Å². The third kappa shape index (κ3) is 1.87. The van der Waals surface area contributed by atoms with Crippen molar-refractivity contribution in [3.8, 4) is 0 Å². The molecule has 4 nitrogen and oxygen atoms in total. The van der Waals surface area contributed by atoms with Gasteiger partial charge in [0.05, 0.1) is 0 Å². The van der Waals surface area contributed by atoms with Gasteiger partial charge in [0.1, 0.15) is 11.7 Å². The lowest BCUT2D eigenvalue weighted by Gasteiger charge is -2.37. The van der Waals surface area contributed by atoms with Gasteiger partial charge in [-0.05, 0) is 33.1 Å². The summed E-state index contributed by atoms with van der Waals surface area (Å²) in [6.07, 6.45) is 1.44. The molecule has 4 heteroatoms. The third-order valence-corrected chi connectivity index (χ3v) is 3.59. The Morgan fingerprint density at radius 1 is 1.62 bits per heavy atom. The topological polar surface area (TPSA) is 55.8 Å². The van der Waals surface area contributed by atoms with E-state index in [1.807, 2.05) is 6.92 Å². The first kappa shape index (κ1) is 11.6. The van der Waals surface area contributed by atoms with Crippen LogP contribution in [-0.4, -0.2) is 29.1 Å². The summed E-state index contributed by atoms with van der Waals surface area (Å²) in [4.78, 5) is 11.5. The largest absolute Gasteiger partial charge is 0.453 e. The molecule has 2 fully saturated rings. The van der Waals surface area contributed by atoms with Crippen LogP contribution >= 0.6 is 0 Å². The van der Waals surface area contributed by atoms with E-state index in [-0.39, 0.29) is 18.0 Å². The van der Waals surface area contributed by atoms with Crippen molar-refractivity contribution >= 4 is 5.97 Å². The number of ether oxygens (including phenoxy) is 2. The lowest BCUT2D eigenvalue weighted by molar-refractivity contribution is -0.181. The second-order valence-electron chi connectivity index (χ2n) is 5.03. The van der Waals surface area contributed by atoms with Crippen molar-refractivity contribution in [3.05, 3.63) is 12.2 Å². The maximum Gasteiger partial charge on any atom is 0.333 e. The molecule has 4 unspecified atom stereocenters. The summed E-state index contributed by atoms with van der Waals surface area (Å²) in [6, 6.07) is 0. The molecular formula is C12H18O4. The number of fused-ring (bicyclic) bond motifs is 2. The van der Waals surface area contributed by atoms with Crippen LogP contribution in [0.25, 0.3) is 0 Å². The standard InChI is InChI=1S/C12H18O4/c1-7(2)10(13)16-12(3)5-4-8-6-9(12)15-11(8)14/h8-9,11,14H,1,4-6H2,2-3H3. The van der Waals surface area contributed by atoms with Crippen LogP contribution in [0.3, 0.4) is 0 Å². The summed E-state index contributed by atoms with van der Waals surface area (Å²) in [5, 5.41) is 9.59. The number of carbonyl (C=O) groups excluding carboxylic acids is 1.